The van der Waals surface area contributed by atoms with Crippen LogP contribution in [0.3, 0.4) is 0 Å². The van der Waals surface area contributed by atoms with Crippen LogP contribution < -0.4 is 10.1 Å². The maximum absolute atomic E-state index is 12.2. The van der Waals surface area contributed by atoms with Gasteiger partial charge in [0.1, 0.15) is 5.75 Å². The van der Waals surface area contributed by atoms with Gasteiger partial charge in [0.05, 0.1) is 18.6 Å². The van der Waals surface area contributed by atoms with Crippen molar-refractivity contribution < 1.29 is 22.7 Å². The number of nitrogens with one attached hydrogen (secondary N) is 1. The van der Waals surface area contributed by atoms with Crippen LogP contribution in [0, 0.1) is 6.92 Å². The number of amides is 1. The smallest absolute Gasteiger partial charge is 0.398 e. The molecule has 1 aromatic rings. The van der Waals surface area contributed by atoms with Crippen molar-refractivity contribution in [3.05, 3.63) is 17.7 Å². The van der Waals surface area contributed by atoms with E-state index in [0.29, 0.717) is 33.7 Å². The van der Waals surface area contributed by atoms with Gasteiger partial charge in [0.25, 0.3) is 0 Å². The third-order valence-electron chi connectivity index (χ3n) is 2.20. The lowest BCUT2D eigenvalue weighted by molar-refractivity contribution is -0.114. The maximum atomic E-state index is 12.2. The lowest BCUT2D eigenvalue weighted by Gasteiger charge is -2.14. The van der Waals surface area contributed by atoms with E-state index in [4.69, 9.17) is 4.74 Å². The van der Waals surface area contributed by atoms with Crippen molar-refractivity contribution >= 4 is 23.4 Å². The molecule has 3 nitrogen and oxygen atoms in total. The van der Waals surface area contributed by atoms with Gasteiger partial charge in [-0.3, -0.25) is 4.79 Å². The molecule has 19 heavy (non-hydrogen) atoms. The van der Waals surface area contributed by atoms with Crippen LogP contribution in [0.5, 0.6) is 5.75 Å². The molecule has 0 saturated carbocycles. The van der Waals surface area contributed by atoms with E-state index in [1.165, 1.54) is 20.1 Å². The first-order valence-corrected chi connectivity index (χ1v) is 6.37. The fourth-order valence-electron chi connectivity index (χ4n) is 1.43. The van der Waals surface area contributed by atoms with Gasteiger partial charge in [-0.1, -0.05) is 0 Å². The number of rotatable bonds is 4. The summed E-state index contributed by atoms with van der Waals surface area (Å²) in [7, 11) is 1.43. The molecule has 1 aromatic carbocycles. The molecule has 0 fully saturated rings. The van der Waals surface area contributed by atoms with E-state index in [2.05, 4.69) is 5.32 Å². The van der Waals surface area contributed by atoms with Crippen molar-refractivity contribution in [2.75, 3.05) is 18.2 Å². The van der Waals surface area contributed by atoms with E-state index in [1.807, 2.05) is 0 Å². The van der Waals surface area contributed by atoms with Crippen LogP contribution in [0.2, 0.25) is 0 Å². The van der Waals surface area contributed by atoms with Crippen molar-refractivity contribution in [2.45, 2.75) is 24.9 Å². The van der Waals surface area contributed by atoms with Gasteiger partial charge in [-0.05, 0) is 24.6 Å². The van der Waals surface area contributed by atoms with Gasteiger partial charge in [0.15, 0.2) is 0 Å². The molecule has 0 unspecified atom stereocenters. The minimum absolute atomic E-state index is 0.311. The number of methoxy groups -OCH3 is 1. The molecule has 0 saturated heterocycles. The molecule has 0 spiro atoms. The van der Waals surface area contributed by atoms with Crippen molar-refractivity contribution in [1.29, 1.82) is 0 Å². The van der Waals surface area contributed by atoms with Gasteiger partial charge < -0.3 is 10.1 Å². The Kier molecular flexibility index (Phi) is 5.11. The molecule has 1 rings (SSSR count). The highest BCUT2D eigenvalue weighted by atomic mass is 32.2. The minimum atomic E-state index is -4.23. The molecule has 0 aliphatic carbocycles. The largest absolute Gasteiger partial charge is 0.495 e. The van der Waals surface area contributed by atoms with Crippen molar-refractivity contribution in [3.63, 3.8) is 0 Å². The average molecular weight is 293 g/mol. The number of benzene rings is 1. The fraction of sp³-hybridized carbons (Fsp3) is 0.417. The van der Waals surface area contributed by atoms with Gasteiger partial charge in [0, 0.05) is 11.8 Å². The van der Waals surface area contributed by atoms with Gasteiger partial charge in [-0.15, -0.1) is 11.8 Å². The number of hydrogen-bond donors (Lipinski definition) is 1. The molecule has 1 N–H and O–H groups in total. The summed E-state index contributed by atoms with van der Waals surface area (Å²) in [6.07, 6.45) is -4.23. The molecule has 0 radical (unpaired) electrons. The first-order valence-electron chi connectivity index (χ1n) is 5.38. The Balaban J connectivity index is 3.01. The monoisotopic (exact) mass is 293 g/mol. The van der Waals surface area contributed by atoms with Gasteiger partial charge in [-0.25, -0.2) is 0 Å². The second kappa shape index (κ2) is 6.18. The van der Waals surface area contributed by atoms with Crippen LogP contribution in [0.1, 0.15) is 12.5 Å². The Morgan fingerprint density at radius 1 is 1.42 bits per heavy atom. The number of thioether (sulfide) groups is 1. The van der Waals surface area contributed by atoms with E-state index < -0.39 is 11.9 Å². The summed E-state index contributed by atoms with van der Waals surface area (Å²) in [5.74, 6) is -0.863. The third-order valence-corrected chi connectivity index (χ3v) is 3.42. The Morgan fingerprint density at radius 3 is 2.53 bits per heavy atom. The molecular formula is C12H14F3NO2S. The molecular weight excluding hydrogens is 279 g/mol. The van der Waals surface area contributed by atoms with Crippen LogP contribution in [0.15, 0.2) is 17.0 Å². The predicted molar refractivity (Wildman–Crippen MR) is 68.8 cm³/mol. The summed E-state index contributed by atoms with van der Waals surface area (Å²) in [5.41, 5.74) is 1.03. The van der Waals surface area contributed by atoms with Crippen LogP contribution in [-0.4, -0.2) is 24.9 Å². The number of halogens is 3. The van der Waals surface area contributed by atoms with Crippen molar-refractivity contribution in [3.8, 4) is 5.75 Å². The molecule has 0 bridgehead atoms. The zero-order valence-electron chi connectivity index (χ0n) is 10.7. The van der Waals surface area contributed by atoms with E-state index >= 15 is 0 Å². The predicted octanol–water partition coefficient (Wildman–Crippen LogP) is 3.62. The lowest BCUT2D eigenvalue weighted by Crippen LogP contribution is -2.11. The number of carbonyl (C=O) groups is 1. The highest BCUT2D eigenvalue weighted by Gasteiger charge is 2.27. The van der Waals surface area contributed by atoms with Gasteiger partial charge >= 0.3 is 6.18 Å². The Labute approximate surface area is 113 Å². The van der Waals surface area contributed by atoms with Crippen molar-refractivity contribution in [2.24, 2.45) is 0 Å². The van der Waals surface area contributed by atoms with Crippen LogP contribution >= 0.6 is 11.8 Å². The quantitative estimate of drug-likeness (QED) is 0.862. The zero-order chi connectivity index (χ0) is 14.6. The van der Waals surface area contributed by atoms with Crippen LogP contribution in [0.25, 0.3) is 0 Å². The van der Waals surface area contributed by atoms with E-state index in [-0.39, 0.29) is 5.91 Å². The van der Waals surface area contributed by atoms with E-state index in [1.54, 1.807) is 13.0 Å². The molecule has 0 aliphatic rings. The number of hydrogen-bond acceptors (Lipinski definition) is 3. The van der Waals surface area contributed by atoms with Crippen LogP contribution in [-0.2, 0) is 4.79 Å². The summed E-state index contributed by atoms with van der Waals surface area (Å²) in [6.45, 7) is 3.01. The van der Waals surface area contributed by atoms with E-state index in [9.17, 15) is 18.0 Å². The molecule has 0 aromatic heterocycles. The normalized spacial score (nSPS) is 11.3. The van der Waals surface area contributed by atoms with Crippen LogP contribution in [0.4, 0.5) is 18.9 Å². The second-order valence-electron chi connectivity index (χ2n) is 3.90. The SMILES string of the molecule is COc1cc(C)c(SCC(F)(F)F)cc1NC(C)=O. The molecule has 1 amide bonds. The summed E-state index contributed by atoms with van der Waals surface area (Å²) < 4.78 is 41.7. The summed E-state index contributed by atoms with van der Waals surface area (Å²) >= 11 is 0.683. The molecule has 7 heteroatoms. The topological polar surface area (TPSA) is 38.3 Å². The molecule has 0 heterocycles. The lowest BCUT2D eigenvalue weighted by atomic mass is 10.2. The summed E-state index contributed by atoms with van der Waals surface area (Å²) in [5, 5.41) is 2.53. The Bertz CT molecular complexity index is 475. The fourth-order valence-corrected chi connectivity index (χ4v) is 2.24. The summed E-state index contributed by atoms with van der Waals surface area (Å²) in [4.78, 5) is 11.5. The zero-order valence-corrected chi connectivity index (χ0v) is 11.5. The van der Waals surface area contributed by atoms with Crippen molar-refractivity contribution in [1.82, 2.24) is 0 Å². The third kappa shape index (κ3) is 5.02. The number of carbonyl (C=O) groups excluding carboxylic acids is 1. The second-order valence-corrected chi connectivity index (χ2v) is 4.92. The highest BCUT2D eigenvalue weighted by Crippen LogP contribution is 2.35. The Hall–Kier alpha value is -1.37. The average Bonchev–Trinajstić information content (AvgIpc) is 2.27. The van der Waals surface area contributed by atoms with Gasteiger partial charge in [-0.2, -0.15) is 13.2 Å². The van der Waals surface area contributed by atoms with Gasteiger partial charge in [0.2, 0.25) is 5.91 Å². The maximum Gasteiger partial charge on any atom is 0.398 e. The standard InChI is InChI=1S/C12H14F3NO2S/c1-7-4-10(18-3)9(16-8(2)17)5-11(7)19-6-12(13,14)15/h4-5H,6H2,1-3H3,(H,16,17). The summed E-state index contributed by atoms with van der Waals surface area (Å²) in [6, 6.07) is 3.09. The molecule has 0 atom stereocenters. The number of ether oxygens (including phenoxy) is 1. The first-order chi connectivity index (χ1) is 8.73. The van der Waals surface area contributed by atoms with E-state index in [0.717, 1.165) is 0 Å². The number of anilines is 1. The number of alkyl halides is 3. The first kappa shape index (κ1) is 15.7. The molecule has 106 valence electrons. The molecule has 0 aliphatic heterocycles. The Morgan fingerprint density at radius 2 is 2.05 bits per heavy atom. The number of aryl methyl sites for hydroxylation is 1. The highest BCUT2D eigenvalue weighted by molar-refractivity contribution is 7.99. The minimum Gasteiger partial charge on any atom is -0.495 e.